The van der Waals surface area contributed by atoms with Gasteiger partial charge < -0.3 is 0 Å². The van der Waals surface area contributed by atoms with Crippen molar-refractivity contribution in [3.05, 3.63) is 33.8 Å². The van der Waals surface area contributed by atoms with Gasteiger partial charge in [-0.3, -0.25) is 4.21 Å². The minimum Gasteiger partial charge on any atom is -0.268 e. The summed E-state index contributed by atoms with van der Waals surface area (Å²) >= 11 is 12.0. The third-order valence-electron chi connectivity index (χ3n) is 4.89. The van der Waals surface area contributed by atoms with Crippen molar-refractivity contribution in [1.29, 1.82) is 0 Å². The lowest BCUT2D eigenvalue weighted by molar-refractivity contribution is 0.237. The minimum atomic E-state index is -1.96. The first kappa shape index (κ1) is 25.0. The van der Waals surface area contributed by atoms with Gasteiger partial charge >= 0.3 is 0 Å². The molecule has 0 aliphatic carbocycles. The summed E-state index contributed by atoms with van der Waals surface area (Å²) in [5.74, 6) is 4.91. The first-order chi connectivity index (χ1) is 12.5. The third-order valence-corrected chi connectivity index (χ3v) is 7.20. The van der Waals surface area contributed by atoms with E-state index < -0.39 is 15.2 Å². The van der Waals surface area contributed by atoms with Crippen LogP contribution in [0.15, 0.2) is 18.2 Å². The Morgan fingerprint density at radius 3 is 2.44 bits per heavy atom. The van der Waals surface area contributed by atoms with Gasteiger partial charge in [-0.1, -0.05) is 55.5 Å². The molecule has 1 aromatic carbocycles. The van der Waals surface area contributed by atoms with Crippen LogP contribution in [0.2, 0.25) is 10.0 Å². The minimum absolute atomic E-state index is 0.364. The molecule has 0 heterocycles. The van der Waals surface area contributed by atoms with Crippen LogP contribution in [-0.2, 0) is 15.2 Å². The molecule has 3 atom stereocenters. The van der Waals surface area contributed by atoms with Crippen molar-refractivity contribution in [3.8, 4) is 0 Å². The van der Waals surface area contributed by atoms with E-state index in [2.05, 4.69) is 21.7 Å². The van der Waals surface area contributed by atoms with Crippen molar-refractivity contribution < 1.29 is 8.60 Å². The van der Waals surface area contributed by atoms with Crippen LogP contribution in [-0.4, -0.2) is 27.4 Å². The van der Waals surface area contributed by atoms with E-state index >= 15 is 4.39 Å². The Kier molecular flexibility index (Phi) is 10.3. The van der Waals surface area contributed by atoms with Crippen molar-refractivity contribution in [2.24, 2.45) is 5.92 Å². The molecule has 0 aromatic heterocycles. The summed E-state index contributed by atoms with van der Waals surface area (Å²) < 4.78 is 27.6. The van der Waals surface area contributed by atoms with E-state index in [0.29, 0.717) is 39.0 Å². The lowest BCUT2D eigenvalue weighted by atomic mass is 9.87. The van der Waals surface area contributed by atoms with E-state index in [1.807, 2.05) is 0 Å². The Hall–Kier alpha value is -0.0800. The molecule has 0 spiro atoms. The molecular formula is C21H32Cl2FOPS. The number of halogens is 3. The molecule has 0 N–H and O–H groups in total. The lowest BCUT2D eigenvalue weighted by Gasteiger charge is -2.26. The standard InChI is InChI=1S/C21H32Cl2FOPS/c1-5-9-17(15-27(3,4)25)10-7-6-8-13-21(24,16(2)26)18-11-12-19(22)20(23)14-18/h11-12,14,17,26H,3,5-10,13,15H2,1-2,4H3. The first-order valence-electron chi connectivity index (χ1n) is 9.49. The summed E-state index contributed by atoms with van der Waals surface area (Å²) in [6, 6.07) is 4.94. The number of hydrogen-bond donors (Lipinski definition) is 0. The fourth-order valence-corrected chi connectivity index (χ4v) is 5.39. The quantitative estimate of drug-likeness (QED) is 0.186. The highest BCUT2D eigenvalue weighted by molar-refractivity contribution is 7.99. The molecule has 0 saturated carbocycles. The highest BCUT2D eigenvalue weighted by Gasteiger charge is 2.33. The summed E-state index contributed by atoms with van der Waals surface area (Å²) in [4.78, 5) is 0. The van der Waals surface area contributed by atoms with Crippen LogP contribution >= 0.6 is 32.1 Å². The van der Waals surface area contributed by atoms with Gasteiger partial charge in [0.15, 0.2) is 5.67 Å². The molecule has 0 radical (unpaired) electrons. The van der Waals surface area contributed by atoms with E-state index in [4.69, 9.17) is 23.2 Å². The molecule has 0 aliphatic heterocycles. The van der Waals surface area contributed by atoms with Gasteiger partial charge in [0.25, 0.3) is 0 Å². The normalized spacial score (nSPS) is 17.1. The van der Waals surface area contributed by atoms with Gasteiger partial charge in [0.1, 0.15) is 0 Å². The van der Waals surface area contributed by atoms with Crippen LogP contribution < -0.4 is 0 Å². The van der Waals surface area contributed by atoms with Gasteiger partial charge in [0.05, 0.1) is 10.0 Å². The molecule has 0 bridgehead atoms. The Balaban J connectivity index is 2.62. The zero-order valence-corrected chi connectivity index (χ0v) is 20.0. The average molecular weight is 453 g/mol. The van der Waals surface area contributed by atoms with Gasteiger partial charge in [-0.15, -0.1) is 8.86 Å². The van der Waals surface area contributed by atoms with Crippen molar-refractivity contribution in [2.75, 3.05) is 12.0 Å². The molecule has 6 heteroatoms. The predicted octanol–water partition coefficient (Wildman–Crippen LogP) is 7.21. The fraction of sp³-hybridized carbons (Fsp3) is 0.619. The number of unbranched alkanes of at least 4 members (excludes halogenated alkanes) is 2. The highest BCUT2D eigenvalue weighted by atomic mass is 35.5. The van der Waals surface area contributed by atoms with Crippen molar-refractivity contribution in [2.45, 2.75) is 64.5 Å². The summed E-state index contributed by atoms with van der Waals surface area (Å²) in [7, 11) is 1.45. The number of alkyl halides is 1. The summed E-state index contributed by atoms with van der Waals surface area (Å²) in [6.07, 6.45) is 8.03. The van der Waals surface area contributed by atoms with E-state index in [1.54, 1.807) is 31.4 Å². The van der Waals surface area contributed by atoms with E-state index in [0.717, 1.165) is 38.5 Å². The summed E-state index contributed by atoms with van der Waals surface area (Å²) in [5.41, 5.74) is -1.05. The largest absolute Gasteiger partial charge is 0.268 e. The van der Waals surface area contributed by atoms with Crippen LogP contribution in [0.5, 0.6) is 0 Å². The smallest absolute Gasteiger partial charge is 0.160 e. The maximum atomic E-state index is 15.7. The van der Waals surface area contributed by atoms with Crippen LogP contribution in [0.3, 0.4) is 0 Å². The van der Waals surface area contributed by atoms with E-state index in [9.17, 15) is 4.21 Å². The second kappa shape index (κ2) is 11.2. The number of rotatable bonds is 12. The molecule has 1 nitrogen and oxygen atoms in total. The molecule has 0 saturated heterocycles. The molecule has 0 aliphatic rings. The van der Waals surface area contributed by atoms with Crippen LogP contribution in [0.25, 0.3) is 0 Å². The van der Waals surface area contributed by atoms with Crippen LogP contribution in [0.4, 0.5) is 4.39 Å². The maximum absolute atomic E-state index is 15.7. The van der Waals surface area contributed by atoms with E-state index in [1.165, 1.54) is 0 Å². The topological polar surface area (TPSA) is 17.1 Å². The van der Waals surface area contributed by atoms with Crippen molar-refractivity contribution in [1.82, 2.24) is 0 Å². The predicted molar refractivity (Wildman–Crippen MR) is 126 cm³/mol. The van der Waals surface area contributed by atoms with Gasteiger partial charge in [0, 0.05) is 12.0 Å². The van der Waals surface area contributed by atoms with Gasteiger partial charge in [-0.05, 0) is 76.9 Å². The Morgan fingerprint density at radius 2 is 1.93 bits per heavy atom. The zero-order valence-electron chi connectivity index (χ0n) is 16.6. The van der Waals surface area contributed by atoms with Crippen molar-refractivity contribution >= 4 is 52.8 Å². The van der Waals surface area contributed by atoms with Gasteiger partial charge in [0.2, 0.25) is 0 Å². The fourth-order valence-electron chi connectivity index (χ4n) is 3.49. The zero-order chi connectivity index (χ0) is 20.7. The second-order valence-electron chi connectivity index (χ2n) is 7.66. The van der Waals surface area contributed by atoms with E-state index in [-0.39, 0.29) is 0 Å². The SMILES string of the molecule is C=S(C)(=O)CC(CCC)CCCCCC(F)(C(C)=P)c1ccc(Cl)c(Cl)c1. The number of benzene rings is 1. The lowest BCUT2D eigenvalue weighted by Crippen LogP contribution is -2.27. The van der Waals surface area contributed by atoms with Crippen molar-refractivity contribution in [3.63, 3.8) is 0 Å². The molecule has 0 fully saturated rings. The maximum Gasteiger partial charge on any atom is 0.160 e. The second-order valence-corrected chi connectivity index (χ2v) is 11.9. The Bertz CT molecular complexity index is 736. The molecule has 27 heavy (non-hydrogen) atoms. The molecule has 3 unspecified atom stereocenters. The molecule has 0 amide bonds. The first-order valence-corrected chi connectivity index (χ1v) is 13.1. The summed E-state index contributed by atoms with van der Waals surface area (Å²) in [6.45, 7) is 3.89. The monoisotopic (exact) mass is 452 g/mol. The Morgan fingerprint density at radius 1 is 1.26 bits per heavy atom. The Labute approximate surface area is 177 Å². The van der Waals surface area contributed by atoms with Gasteiger partial charge in [-0.25, -0.2) is 4.39 Å². The highest BCUT2D eigenvalue weighted by Crippen LogP contribution is 2.37. The number of hydrogen-bond acceptors (Lipinski definition) is 1. The third kappa shape index (κ3) is 8.44. The average Bonchev–Trinajstić information content (AvgIpc) is 2.55. The molecule has 1 aromatic rings. The molecule has 1 rings (SSSR count). The van der Waals surface area contributed by atoms with Crippen LogP contribution in [0.1, 0.15) is 64.4 Å². The summed E-state index contributed by atoms with van der Waals surface area (Å²) in [5, 5.41) is 1.32. The van der Waals surface area contributed by atoms with Gasteiger partial charge in [-0.2, -0.15) is 0 Å². The molecule has 154 valence electrons. The van der Waals surface area contributed by atoms with Crippen LogP contribution in [0, 0.1) is 5.92 Å². The molecular weight excluding hydrogens is 421 g/mol.